The monoisotopic (exact) mass is 284 g/mol. The minimum atomic E-state index is -3.67. The van der Waals surface area contributed by atoms with Crippen LogP contribution in [0.3, 0.4) is 0 Å². The van der Waals surface area contributed by atoms with Crippen molar-refractivity contribution in [3.05, 3.63) is 23.7 Å². The topological polar surface area (TPSA) is 119 Å². The molecule has 0 amide bonds. The summed E-state index contributed by atoms with van der Waals surface area (Å²) in [5, 5.41) is 10.5. The standard InChI is InChI=1S/C10H16N6O2S/c1-3-16-6-9(10(11)15-16)19(17,18)13-5-8-4-12-14-7(8)2/h4,6,13H,3,5H2,1-2H3,(H2,11,15)(H,12,14). The van der Waals surface area contributed by atoms with Gasteiger partial charge in [-0.15, -0.1) is 0 Å². The molecule has 8 nitrogen and oxygen atoms in total. The van der Waals surface area contributed by atoms with Crippen molar-refractivity contribution in [3.8, 4) is 0 Å². The van der Waals surface area contributed by atoms with Crippen molar-refractivity contribution in [1.82, 2.24) is 24.7 Å². The first-order valence-corrected chi connectivity index (χ1v) is 7.23. The van der Waals surface area contributed by atoms with E-state index in [4.69, 9.17) is 5.73 Å². The van der Waals surface area contributed by atoms with E-state index in [0.717, 1.165) is 11.3 Å². The van der Waals surface area contributed by atoms with Gasteiger partial charge in [-0.05, 0) is 13.8 Å². The second-order valence-corrected chi connectivity index (χ2v) is 5.81. The fourth-order valence-electron chi connectivity index (χ4n) is 1.59. The summed E-state index contributed by atoms with van der Waals surface area (Å²) in [4.78, 5) is -0.00417. The number of aromatic amines is 1. The molecule has 19 heavy (non-hydrogen) atoms. The zero-order valence-corrected chi connectivity index (χ0v) is 11.5. The number of anilines is 1. The molecule has 0 aliphatic heterocycles. The van der Waals surface area contributed by atoms with Gasteiger partial charge in [0, 0.05) is 30.5 Å². The average Bonchev–Trinajstić information content (AvgIpc) is 2.93. The summed E-state index contributed by atoms with van der Waals surface area (Å²) in [6.45, 7) is 4.38. The third-order valence-electron chi connectivity index (χ3n) is 2.76. The lowest BCUT2D eigenvalue weighted by Crippen LogP contribution is -2.23. The Morgan fingerprint density at radius 2 is 2.26 bits per heavy atom. The van der Waals surface area contributed by atoms with E-state index in [9.17, 15) is 8.42 Å². The molecular weight excluding hydrogens is 268 g/mol. The number of hydrogen-bond donors (Lipinski definition) is 3. The van der Waals surface area contributed by atoms with Gasteiger partial charge in [-0.2, -0.15) is 10.2 Å². The van der Waals surface area contributed by atoms with Crippen LogP contribution in [-0.2, 0) is 23.1 Å². The molecule has 0 saturated carbocycles. The SMILES string of the molecule is CCn1cc(S(=O)(=O)NCc2cn[nH]c2C)c(N)n1. The lowest BCUT2D eigenvalue weighted by molar-refractivity contribution is 0.581. The first-order chi connectivity index (χ1) is 8.94. The van der Waals surface area contributed by atoms with Gasteiger partial charge in [0.1, 0.15) is 4.90 Å². The van der Waals surface area contributed by atoms with Gasteiger partial charge in [0.15, 0.2) is 5.82 Å². The summed E-state index contributed by atoms with van der Waals surface area (Å²) in [5.41, 5.74) is 7.21. The van der Waals surface area contributed by atoms with E-state index in [1.165, 1.54) is 10.9 Å². The van der Waals surface area contributed by atoms with Crippen LogP contribution in [0.25, 0.3) is 0 Å². The molecule has 4 N–H and O–H groups in total. The van der Waals surface area contributed by atoms with Crippen LogP contribution in [-0.4, -0.2) is 28.4 Å². The van der Waals surface area contributed by atoms with Gasteiger partial charge in [0.2, 0.25) is 10.0 Å². The predicted octanol–water partition coefficient (Wildman–Crippen LogP) is -0.00478. The molecule has 0 spiro atoms. The summed E-state index contributed by atoms with van der Waals surface area (Å²) in [5.74, 6) is -0.00161. The number of hydrogen-bond acceptors (Lipinski definition) is 5. The molecular formula is C10H16N6O2S. The number of aromatic nitrogens is 4. The Hall–Kier alpha value is -1.87. The van der Waals surface area contributed by atoms with Crippen LogP contribution in [0.4, 0.5) is 5.82 Å². The zero-order valence-electron chi connectivity index (χ0n) is 10.7. The highest BCUT2D eigenvalue weighted by molar-refractivity contribution is 7.89. The van der Waals surface area contributed by atoms with Crippen LogP contribution in [0.2, 0.25) is 0 Å². The summed E-state index contributed by atoms with van der Waals surface area (Å²) in [7, 11) is -3.67. The highest BCUT2D eigenvalue weighted by Gasteiger charge is 2.21. The maximum absolute atomic E-state index is 12.1. The Bertz CT molecular complexity index is 672. The van der Waals surface area contributed by atoms with E-state index >= 15 is 0 Å². The van der Waals surface area contributed by atoms with Crippen LogP contribution in [0.5, 0.6) is 0 Å². The van der Waals surface area contributed by atoms with Crippen molar-refractivity contribution < 1.29 is 8.42 Å². The Kier molecular flexibility index (Phi) is 3.58. The van der Waals surface area contributed by atoms with Crippen LogP contribution < -0.4 is 10.5 Å². The van der Waals surface area contributed by atoms with Gasteiger partial charge in [-0.25, -0.2) is 13.1 Å². The van der Waals surface area contributed by atoms with Gasteiger partial charge in [-0.3, -0.25) is 9.78 Å². The molecule has 0 bridgehead atoms. The lowest BCUT2D eigenvalue weighted by atomic mass is 10.3. The number of nitrogens with zero attached hydrogens (tertiary/aromatic N) is 3. The number of H-pyrrole nitrogens is 1. The molecule has 2 aromatic rings. The number of nitrogen functional groups attached to an aromatic ring is 1. The lowest BCUT2D eigenvalue weighted by Gasteiger charge is -2.04. The zero-order chi connectivity index (χ0) is 14.0. The average molecular weight is 284 g/mol. The number of nitrogens with one attached hydrogen (secondary N) is 2. The second-order valence-electron chi connectivity index (χ2n) is 4.08. The molecule has 0 aromatic carbocycles. The molecule has 0 aliphatic rings. The quantitative estimate of drug-likeness (QED) is 0.713. The molecule has 2 rings (SSSR count). The summed E-state index contributed by atoms with van der Waals surface area (Å²) in [6.07, 6.45) is 3.00. The molecule has 0 aliphatic carbocycles. The number of sulfonamides is 1. The summed E-state index contributed by atoms with van der Waals surface area (Å²) >= 11 is 0. The van der Waals surface area contributed by atoms with Gasteiger partial charge in [0.05, 0.1) is 6.20 Å². The molecule has 9 heteroatoms. The van der Waals surface area contributed by atoms with Crippen LogP contribution in [0.15, 0.2) is 17.3 Å². The number of rotatable bonds is 5. The smallest absolute Gasteiger partial charge is 0.246 e. The van der Waals surface area contributed by atoms with E-state index in [1.807, 2.05) is 13.8 Å². The van der Waals surface area contributed by atoms with Gasteiger partial charge < -0.3 is 5.73 Å². The molecule has 2 heterocycles. The first-order valence-electron chi connectivity index (χ1n) is 5.75. The molecule has 0 fully saturated rings. The number of nitrogens with two attached hydrogens (primary N) is 1. The molecule has 104 valence electrons. The van der Waals surface area contributed by atoms with E-state index in [1.54, 1.807) is 6.20 Å². The molecule has 2 aromatic heterocycles. The largest absolute Gasteiger partial charge is 0.381 e. The van der Waals surface area contributed by atoms with Crippen LogP contribution in [0.1, 0.15) is 18.2 Å². The van der Waals surface area contributed by atoms with Crippen molar-refractivity contribution in [2.24, 2.45) is 0 Å². The van der Waals surface area contributed by atoms with Crippen LogP contribution >= 0.6 is 0 Å². The Morgan fingerprint density at radius 1 is 1.53 bits per heavy atom. The van der Waals surface area contributed by atoms with Gasteiger partial charge in [0.25, 0.3) is 0 Å². The van der Waals surface area contributed by atoms with Crippen LogP contribution in [0, 0.1) is 6.92 Å². The second kappa shape index (κ2) is 5.02. The third-order valence-corrected chi connectivity index (χ3v) is 4.17. The fraction of sp³-hybridized carbons (Fsp3) is 0.400. The first kappa shape index (κ1) is 13.6. The van der Waals surface area contributed by atoms with E-state index in [2.05, 4.69) is 20.0 Å². The normalized spacial score (nSPS) is 11.9. The minimum Gasteiger partial charge on any atom is -0.381 e. The van der Waals surface area contributed by atoms with Crippen molar-refractivity contribution >= 4 is 15.8 Å². The minimum absolute atomic E-state index is 0.00161. The van der Waals surface area contributed by atoms with Crippen molar-refractivity contribution in [3.63, 3.8) is 0 Å². The molecule has 0 radical (unpaired) electrons. The summed E-state index contributed by atoms with van der Waals surface area (Å²) in [6, 6.07) is 0. The predicted molar refractivity (Wildman–Crippen MR) is 69.7 cm³/mol. The third kappa shape index (κ3) is 2.76. The van der Waals surface area contributed by atoms with Gasteiger partial charge in [-0.1, -0.05) is 0 Å². The van der Waals surface area contributed by atoms with E-state index < -0.39 is 10.0 Å². The molecule has 0 unspecified atom stereocenters. The Morgan fingerprint density at radius 3 is 2.79 bits per heavy atom. The maximum atomic E-state index is 12.1. The van der Waals surface area contributed by atoms with Crippen molar-refractivity contribution in [2.75, 3.05) is 5.73 Å². The highest BCUT2D eigenvalue weighted by atomic mass is 32.2. The van der Waals surface area contributed by atoms with E-state index in [0.29, 0.717) is 6.54 Å². The Labute approximate surface area is 111 Å². The fourth-order valence-corrected chi connectivity index (χ4v) is 2.67. The van der Waals surface area contributed by atoms with E-state index in [-0.39, 0.29) is 17.3 Å². The maximum Gasteiger partial charge on any atom is 0.246 e. The highest BCUT2D eigenvalue weighted by Crippen LogP contribution is 2.16. The molecule has 0 atom stereocenters. The van der Waals surface area contributed by atoms with Crippen molar-refractivity contribution in [1.29, 1.82) is 0 Å². The van der Waals surface area contributed by atoms with Gasteiger partial charge >= 0.3 is 0 Å². The number of aryl methyl sites for hydroxylation is 2. The molecule has 0 saturated heterocycles. The Balaban J connectivity index is 2.18. The summed E-state index contributed by atoms with van der Waals surface area (Å²) < 4.78 is 28.2. The van der Waals surface area contributed by atoms with Crippen molar-refractivity contribution in [2.45, 2.75) is 31.8 Å².